The lowest BCUT2D eigenvalue weighted by Gasteiger charge is -2.16. The lowest BCUT2D eigenvalue weighted by atomic mass is 10.2. The van der Waals surface area contributed by atoms with E-state index in [1.54, 1.807) is 36.4 Å². The van der Waals surface area contributed by atoms with Crippen LogP contribution in [0.2, 0.25) is 10.0 Å². The van der Waals surface area contributed by atoms with Crippen LogP contribution in [0.15, 0.2) is 40.9 Å². The van der Waals surface area contributed by atoms with E-state index >= 15 is 0 Å². The smallest absolute Gasteiger partial charge is 0.242 e. The molecule has 0 unspecified atom stereocenters. The van der Waals surface area contributed by atoms with Gasteiger partial charge in [-0.1, -0.05) is 34.4 Å². The average Bonchev–Trinajstić information content (AvgIpc) is 3.18. The molecule has 3 aromatic rings. The van der Waals surface area contributed by atoms with Crippen LogP contribution in [-0.4, -0.2) is 44.1 Å². The number of ether oxygens (including phenoxy) is 2. The van der Waals surface area contributed by atoms with Crippen molar-refractivity contribution in [3.63, 3.8) is 0 Å². The minimum absolute atomic E-state index is 0.106. The van der Waals surface area contributed by atoms with Gasteiger partial charge < -0.3 is 14.0 Å². The summed E-state index contributed by atoms with van der Waals surface area (Å²) in [6.07, 6.45) is 0. The standard InChI is InChI=1S/C19H19Cl2N3O5S/c1-24(30(25,26)11-13-14(20)5-4-6-15(13)21)10-18-22-19(23-29-18)12-7-8-16(27-2)17(9-12)28-3/h4-9H,10-11H2,1-3H3. The Morgan fingerprint density at radius 3 is 2.37 bits per heavy atom. The molecule has 8 nitrogen and oxygen atoms in total. The van der Waals surface area contributed by atoms with E-state index in [0.29, 0.717) is 28.5 Å². The quantitative estimate of drug-likeness (QED) is 0.489. The van der Waals surface area contributed by atoms with E-state index < -0.39 is 10.0 Å². The Morgan fingerprint density at radius 1 is 1.07 bits per heavy atom. The molecule has 1 heterocycles. The number of hydrogen-bond acceptors (Lipinski definition) is 7. The van der Waals surface area contributed by atoms with Crippen molar-refractivity contribution in [2.24, 2.45) is 0 Å². The van der Waals surface area contributed by atoms with Gasteiger partial charge in [0.25, 0.3) is 0 Å². The largest absolute Gasteiger partial charge is 0.493 e. The molecule has 0 bridgehead atoms. The number of halogens is 2. The molecule has 0 fully saturated rings. The van der Waals surface area contributed by atoms with Gasteiger partial charge >= 0.3 is 0 Å². The van der Waals surface area contributed by atoms with Gasteiger partial charge in [0.1, 0.15) is 0 Å². The molecule has 0 saturated carbocycles. The second-order valence-electron chi connectivity index (χ2n) is 6.29. The molecule has 0 saturated heterocycles. The summed E-state index contributed by atoms with van der Waals surface area (Å²) in [6.45, 7) is -0.106. The summed E-state index contributed by atoms with van der Waals surface area (Å²) in [5.74, 6) is 1.16. The third-order valence-corrected chi connectivity index (χ3v) is 6.77. The molecular formula is C19H19Cl2N3O5S. The minimum Gasteiger partial charge on any atom is -0.493 e. The summed E-state index contributed by atoms with van der Waals surface area (Å²) < 4.78 is 42.3. The molecule has 0 N–H and O–H groups in total. The third-order valence-electron chi connectivity index (χ3n) is 4.33. The van der Waals surface area contributed by atoms with E-state index in [4.69, 9.17) is 37.2 Å². The summed E-state index contributed by atoms with van der Waals surface area (Å²) >= 11 is 12.2. The molecule has 30 heavy (non-hydrogen) atoms. The second kappa shape index (κ2) is 9.22. The van der Waals surface area contributed by atoms with Crippen molar-refractivity contribution in [3.05, 3.63) is 57.9 Å². The second-order valence-corrected chi connectivity index (χ2v) is 9.18. The summed E-state index contributed by atoms with van der Waals surface area (Å²) in [5, 5.41) is 4.49. The van der Waals surface area contributed by atoms with E-state index in [-0.39, 0.29) is 28.2 Å². The van der Waals surface area contributed by atoms with E-state index in [1.165, 1.54) is 21.3 Å². The Hall–Kier alpha value is -2.33. The van der Waals surface area contributed by atoms with Crippen molar-refractivity contribution in [3.8, 4) is 22.9 Å². The zero-order valence-corrected chi connectivity index (χ0v) is 18.8. The number of methoxy groups -OCH3 is 2. The fourth-order valence-corrected chi connectivity index (χ4v) is 4.56. The highest BCUT2D eigenvalue weighted by molar-refractivity contribution is 7.88. The topological polar surface area (TPSA) is 94.8 Å². The number of hydrogen-bond donors (Lipinski definition) is 0. The highest BCUT2D eigenvalue weighted by Gasteiger charge is 2.24. The van der Waals surface area contributed by atoms with Crippen molar-refractivity contribution in [2.45, 2.75) is 12.3 Å². The molecule has 11 heteroatoms. The van der Waals surface area contributed by atoms with Crippen LogP contribution < -0.4 is 9.47 Å². The van der Waals surface area contributed by atoms with Crippen molar-refractivity contribution in [1.82, 2.24) is 14.4 Å². The van der Waals surface area contributed by atoms with Gasteiger partial charge in [0.2, 0.25) is 21.7 Å². The van der Waals surface area contributed by atoms with E-state index in [1.807, 2.05) is 0 Å². The normalized spacial score (nSPS) is 11.7. The zero-order chi connectivity index (χ0) is 21.9. The zero-order valence-electron chi connectivity index (χ0n) is 16.4. The molecule has 2 aromatic carbocycles. The van der Waals surface area contributed by atoms with E-state index in [9.17, 15) is 8.42 Å². The van der Waals surface area contributed by atoms with E-state index in [2.05, 4.69) is 10.1 Å². The van der Waals surface area contributed by atoms with Crippen LogP contribution in [0.4, 0.5) is 0 Å². The summed E-state index contributed by atoms with van der Waals surface area (Å²) in [5.41, 5.74) is 0.972. The molecule has 0 aliphatic heterocycles. The van der Waals surface area contributed by atoms with Crippen molar-refractivity contribution in [2.75, 3.05) is 21.3 Å². The summed E-state index contributed by atoms with van der Waals surface area (Å²) in [6, 6.07) is 9.99. The number of benzene rings is 2. The van der Waals surface area contributed by atoms with Gasteiger partial charge in [-0.05, 0) is 30.3 Å². The fourth-order valence-electron chi connectivity index (χ4n) is 2.66. The first-order chi connectivity index (χ1) is 14.2. The molecule has 0 atom stereocenters. The molecule has 3 rings (SSSR count). The molecule has 0 amide bonds. The lowest BCUT2D eigenvalue weighted by molar-refractivity contribution is 0.336. The highest BCUT2D eigenvalue weighted by atomic mass is 35.5. The molecule has 160 valence electrons. The summed E-state index contributed by atoms with van der Waals surface area (Å²) in [4.78, 5) is 4.27. The van der Waals surface area contributed by atoms with Crippen LogP contribution in [0.1, 0.15) is 11.5 Å². The molecule has 0 radical (unpaired) electrons. The van der Waals surface area contributed by atoms with Gasteiger partial charge in [-0.2, -0.15) is 9.29 Å². The first-order valence-corrected chi connectivity index (χ1v) is 11.0. The Bertz CT molecular complexity index is 1130. The maximum Gasteiger partial charge on any atom is 0.242 e. The van der Waals surface area contributed by atoms with Gasteiger partial charge in [0.05, 0.1) is 26.5 Å². The summed E-state index contributed by atoms with van der Waals surface area (Å²) in [7, 11) is 0.746. The first kappa shape index (κ1) is 22.4. The Balaban J connectivity index is 1.77. The highest BCUT2D eigenvalue weighted by Crippen LogP contribution is 2.31. The number of nitrogens with zero attached hydrogens (tertiary/aromatic N) is 3. The van der Waals surface area contributed by atoms with Crippen LogP contribution in [-0.2, 0) is 22.3 Å². The SMILES string of the molecule is COc1ccc(-c2noc(CN(C)S(=O)(=O)Cc3c(Cl)cccc3Cl)n2)cc1OC. The number of aromatic nitrogens is 2. The van der Waals surface area contributed by atoms with Crippen LogP contribution >= 0.6 is 23.2 Å². The predicted octanol–water partition coefficient (Wildman–Crippen LogP) is 4.02. The van der Waals surface area contributed by atoms with Gasteiger partial charge in [0.15, 0.2) is 11.5 Å². The first-order valence-electron chi connectivity index (χ1n) is 8.67. The van der Waals surface area contributed by atoms with Crippen LogP contribution in [0.5, 0.6) is 11.5 Å². The third kappa shape index (κ3) is 4.86. The molecular weight excluding hydrogens is 453 g/mol. The van der Waals surface area contributed by atoms with Gasteiger partial charge in [0, 0.05) is 28.2 Å². The van der Waals surface area contributed by atoms with Crippen LogP contribution in [0.25, 0.3) is 11.4 Å². The Labute approximate surface area is 184 Å². The Kier molecular flexibility index (Phi) is 6.87. The molecule has 0 spiro atoms. The van der Waals surface area contributed by atoms with Crippen LogP contribution in [0.3, 0.4) is 0 Å². The molecule has 0 aliphatic carbocycles. The Morgan fingerprint density at radius 2 is 1.73 bits per heavy atom. The monoisotopic (exact) mass is 471 g/mol. The molecule has 1 aromatic heterocycles. The maximum atomic E-state index is 12.7. The predicted molar refractivity (Wildman–Crippen MR) is 113 cm³/mol. The number of rotatable bonds is 8. The minimum atomic E-state index is -3.73. The van der Waals surface area contributed by atoms with Crippen LogP contribution in [0, 0.1) is 0 Å². The average molecular weight is 472 g/mol. The van der Waals surface area contributed by atoms with E-state index in [0.717, 1.165) is 4.31 Å². The fraction of sp³-hybridized carbons (Fsp3) is 0.263. The molecule has 0 aliphatic rings. The lowest BCUT2D eigenvalue weighted by Crippen LogP contribution is -2.28. The van der Waals surface area contributed by atoms with Gasteiger partial charge in [-0.15, -0.1) is 0 Å². The van der Waals surface area contributed by atoms with Gasteiger partial charge in [-0.25, -0.2) is 8.42 Å². The van der Waals surface area contributed by atoms with Gasteiger partial charge in [-0.3, -0.25) is 0 Å². The number of sulfonamides is 1. The van der Waals surface area contributed by atoms with Crippen molar-refractivity contribution in [1.29, 1.82) is 0 Å². The van der Waals surface area contributed by atoms with Crippen molar-refractivity contribution < 1.29 is 22.4 Å². The van der Waals surface area contributed by atoms with Crippen molar-refractivity contribution >= 4 is 33.2 Å². The maximum absolute atomic E-state index is 12.7.